The molecule has 0 atom stereocenters. The third-order valence-corrected chi connectivity index (χ3v) is 6.41. The van der Waals surface area contributed by atoms with Crippen molar-refractivity contribution in [2.24, 2.45) is 0 Å². The van der Waals surface area contributed by atoms with Crippen molar-refractivity contribution in [3.63, 3.8) is 0 Å². The zero-order chi connectivity index (χ0) is 15.6. The number of nitriles is 1. The van der Waals surface area contributed by atoms with Gasteiger partial charge in [-0.15, -0.1) is 11.3 Å². The fraction of sp³-hybridized carbons (Fsp3) is 0.583. The number of hydrazine groups is 1. The lowest BCUT2D eigenvalue weighted by Crippen LogP contribution is -2.46. The quantitative estimate of drug-likeness (QED) is 0.832. The van der Waals surface area contributed by atoms with Gasteiger partial charge in [0.25, 0.3) is 0 Å². The number of rotatable bonds is 4. The Morgan fingerprint density at radius 2 is 2.00 bits per heavy atom. The summed E-state index contributed by atoms with van der Waals surface area (Å²) in [6, 6.07) is 1.96. The molecule has 0 saturated carbocycles. The van der Waals surface area contributed by atoms with E-state index in [1.165, 1.54) is 0 Å². The van der Waals surface area contributed by atoms with Gasteiger partial charge in [-0.3, -0.25) is 0 Å². The molecule has 3 N–H and O–H groups in total. The molecule has 0 spiro atoms. The molecule has 116 valence electrons. The van der Waals surface area contributed by atoms with E-state index in [4.69, 9.17) is 11.0 Å². The minimum Gasteiger partial charge on any atom is -0.396 e. The SMILES string of the molecule is CCS(=O)(=O)c1c(NN2CCN(C)CC2)sc(C#N)c1N. The molecule has 1 saturated heterocycles. The number of likely N-dealkylation sites (N-methyl/N-ethyl adjacent to an activating group) is 1. The van der Waals surface area contributed by atoms with Crippen LogP contribution in [0.15, 0.2) is 4.90 Å². The molecule has 1 aliphatic heterocycles. The van der Waals surface area contributed by atoms with Gasteiger partial charge in [-0.2, -0.15) is 5.26 Å². The van der Waals surface area contributed by atoms with Gasteiger partial charge in [0.15, 0.2) is 9.84 Å². The third kappa shape index (κ3) is 3.29. The van der Waals surface area contributed by atoms with E-state index in [2.05, 4.69) is 10.3 Å². The largest absolute Gasteiger partial charge is 0.396 e. The van der Waals surface area contributed by atoms with Crippen LogP contribution in [0.1, 0.15) is 11.8 Å². The summed E-state index contributed by atoms with van der Waals surface area (Å²) in [6.07, 6.45) is 0. The minimum absolute atomic E-state index is 0.0454. The van der Waals surface area contributed by atoms with Crippen molar-refractivity contribution in [3.05, 3.63) is 4.88 Å². The molecule has 1 aromatic heterocycles. The molecule has 0 amide bonds. The Kier molecular flexibility index (Phi) is 4.73. The molecule has 21 heavy (non-hydrogen) atoms. The Labute approximate surface area is 128 Å². The van der Waals surface area contributed by atoms with Crippen LogP contribution in [0.2, 0.25) is 0 Å². The second-order valence-corrected chi connectivity index (χ2v) is 8.16. The number of nitrogens with two attached hydrogens (primary N) is 1. The highest BCUT2D eigenvalue weighted by Crippen LogP contribution is 2.39. The van der Waals surface area contributed by atoms with Gasteiger partial charge in [-0.25, -0.2) is 13.4 Å². The average Bonchev–Trinajstić information content (AvgIpc) is 2.78. The second-order valence-electron chi connectivity index (χ2n) is 4.92. The highest BCUT2D eigenvalue weighted by Gasteiger charge is 2.27. The molecule has 7 nitrogen and oxygen atoms in total. The Balaban J connectivity index is 2.33. The van der Waals surface area contributed by atoms with E-state index in [0.29, 0.717) is 5.00 Å². The molecule has 1 aliphatic rings. The Morgan fingerprint density at radius 1 is 1.38 bits per heavy atom. The van der Waals surface area contributed by atoms with Crippen LogP contribution in [0, 0.1) is 11.3 Å². The number of thiophene rings is 1. The Bertz CT molecular complexity index is 654. The summed E-state index contributed by atoms with van der Waals surface area (Å²) >= 11 is 1.09. The number of hydrogen-bond donors (Lipinski definition) is 2. The normalized spacial score (nSPS) is 17.6. The molecular weight excluding hydrogens is 310 g/mol. The van der Waals surface area contributed by atoms with Gasteiger partial charge < -0.3 is 16.1 Å². The van der Waals surface area contributed by atoms with Crippen molar-refractivity contribution in [2.45, 2.75) is 11.8 Å². The Morgan fingerprint density at radius 3 is 2.52 bits per heavy atom. The first-order chi connectivity index (χ1) is 9.89. The van der Waals surface area contributed by atoms with Gasteiger partial charge in [-0.05, 0) is 7.05 Å². The molecule has 0 bridgehead atoms. The first-order valence-electron chi connectivity index (χ1n) is 6.64. The molecule has 1 fully saturated rings. The maximum atomic E-state index is 12.2. The summed E-state index contributed by atoms with van der Waals surface area (Å²) < 4.78 is 24.4. The summed E-state index contributed by atoms with van der Waals surface area (Å²) in [5, 5.41) is 11.5. The standard InChI is InChI=1S/C12H19N5O2S2/c1-3-21(18,19)11-10(14)9(8-13)20-12(11)15-17-6-4-16(2)5-7-17/h15H,3-7,14H2,1-2H3. The molecule has 0 aliphatic carbocycles. The van der Waals surface area contributed by atoms with Crippen molar-refractivity contribution < 1.29 is 8.42 Å². The number of sulfone groups is 1. The summed E-state index contributed by atoms with van der Waals surface area (Å²) in [7, 11) is -1.43. The number of piperazine rings is 1. The van der Waals surface area contributed by atoms with Gasteiger partial charge in [0.2, 0.25) is 0 Å². The highest BCUT2D eigenvalue weighted by molar-refractivity contribution is 7.91. The molecule has 1 aromatic rings. The monoisotopic (exact) mass is 329 g/mol. The number of nitrogen functional groups attached to an aromatic ring is 1. The second kappa shape index (κ2) is 6.19. The zero-order valence-corrected chi connectivity index (χ0v) is 13.7. The van der Waals surface area contributed by atoms with Crippen LogP contribution in [0.4, 0.5) is 10.7 Å². The molecule has 0 radical (unpaired) electrons. The molecule has 0 unspecified atom stereocenters. The maximum Gasteiger partial charge on any atom is 0.183 e. The first kappa shape index (κ1) is 16.0. The predicted octanol–water partition coefficient (Wildman–Crippen LogP) is 0.570. The molecule has 9 heteroatoms. The molecule has 2 heterocycles. The molecule has 2 rings (SSSR count). The lowest BCUT2D eigenvalue weighted by atomic mass is 10.4. The first-order valence-corrected chi connectivity index (χ1v) is 9.11. The van der Waals surface area contributed by atoms with E-state index in [9.17, 15) is 8.42 Å². The maximum absolute atomic E-state index is 12.2. The van der Waals surface area contributed by atoms with Crippen LogP contribution in [0.3, 0.4) is 0 Å². The van der Waals surface area contributed by atoms with Crippen molar-refractivity contribution in [1.29, 1.82) is 5.26 Å². The average molecular weight is 329 g/mol. The van der Waals surface area contributed by atoms with E-state index < -0.39 is 9.84 Å². The van der Waals surface area contributed by atoms with Gasteiger partial charge >= 0.3 is 0 Å². The minimum atomic E-state index is -3.48. The fourth-order valence-corrected chi connectivity index (χ4v) is 4.56. The van der Waals surface area contributed by atoms with Gasteiger partial charge in [0.05, 0.1) is 11.4 Å². The highest BCUT2D eigenvalue weighted by atomic mass is 32.2. The van der Waals surface area contributed by atoms with Crippen LogP contribution in [0.25, 0.3) is 0 Å². The summed E-state index contributed by atoms with van der Waals surface area (Å²) in [6.45, 7) is 4.92. The number of nitrogens with one attached hydrogen (secondary N) is 1. The zero-order valence-electron chi connectivity index (χ0n) is 12.1. The van der Waals surface area contributed by atoms with Gasteiger partial charge in [0.1, 0.15) is 20.8 Å². The van der Waals surface area contributed by atoms with Crippen LogP contribution >= 0.6 is 11.3 Å². The van der Waals surface area contributed by atoms with Crippen molar-refractivity contribution in [3.8, 4) is 6.07 Å². The van der Waals surface area contributed by atoms with Crippen LogP contribution in [-0.4, -0.2) is 57.3 Å². The smallest absolute Gasteiger partial charge is 0.183 e. The van der Waals surface area contributed by atoms with E-state index >= 15 is 0 Å². The lowest BCUT2D eigenvalue weighted by Gasteiger charge is -2.32. The van der Waals surface area contributed by atoms with E-state index in [1.54, 1.807) is 6.92 Å². The van der Waals surface area contributed by atoms with Crippen LogP contribution in [-0.2, 0) is 9.84 Å². The number of anilines is 2. The summed E-state index contributed by atoms with van der Waals surface area (Å²) in [5.74, 6) is -0.0454. The number of nitrogens with zero attached hydrogens (tertiary/aromatic N) is 3. The fourth-order valence-electron chi connectivity index (χ4n) is 2.10. The number of hydrogen-bond acceptors (Lipinski definition) is 8. The van der Waals surface area contributed by atoms with Gasteiger partial charge in [0, 0.05) is 26.2 Å². The van der Waals surface area contributed by atoms with E-state index in [1.807, 2.05) is 18.1 Å². The lowest BCUT2D eigenvalue weighted by molar-refractivity contribution is 0.179. The van der Waals surface area contributed by atoms with Crippen molar-refractivity contribution >= 4 is 31.9 Å². The molecular formula is C12H19N5O2S2. The van der Waals surface area contributed by atoms with Crippen LogP contribution in [0.5, 0.6) is 0 Å². The summed E-state index contributed by atoms with van der Waals surface area (Å²) in [5.41, 5.74) is 9.02. The van der Waals surface area contributed by atoms with E-state index in [-0.39, 0.29) is 21.2 Å². The predicted molar refractivity (Wildman–Crippen MR) is 83.9 cm³/mol. The summed E-state index contributed by atoms with van der Waals surface area (Å²) in [4.78, 5) is 2.50. The molecule has 0 aromatic carbocycles. The Hall–Kier alpha value is -1.34. The van der Waals surface area contributed by atoms with Crippen molar-refractivity contribution in [2.75, 3.05) is 50.1 Å². The van der Waals surface area contributed by atoms with Crippen LogP contribution < -0.4 is 11.2 Å². The van der Waals surface area contributed by atoms with Gasteiger partial charge in [-0.1, -0.05) is 6.92 Å². The van der Waals surface area contributed by atoms with Crippen molar-refractivity contribution in [1.82, 2.24) is 9.91 Å². The topological polar surface area (TPSA) is 102 Å². The third-order valence-electron chi connectivity index (χ3n) is 3.46. The van der Waals surface area contributed by atoms with E-state index in [0.717, 1.165) is 37.5 Å².